The second-order valence-electron chi connectivity index (χ2n) is 5.18. The number of rotatable bonds is 3. The summed E-state index contributed by atoms with van der Waals surface area (Å²) >= 11 is 6.23. The third kappa shape index (κ3) is 2.38. The summed E-state index contributed by atoms with van der Waals surface area (Å²) in [5.74, 6) is 2.63. The molecule has 0 radical (unpaired) electrons. The van der Waals surface area contributed by atoms with Gasteiger partial charge in [0.2, 0.25) is 0 Å². The van der Waals surface area contributed by atoms with Gasteiger partial charge in [-0.05, 0) is 20.8 Å². The Morgan fingerprint density at radius 1 is 1.15 bits per heavy atom. The van der Waals surface area contributed by atoms with Crippen molar-refractivity contribution in [3.05, 3.63) is 27.8 Å². The van der Waals surface area contributed by atoms with Crippen LogP contribution in [0, 0.1) is 20.8 Å². The fourth-order valence-corrected chi connectivity index (χ4v) is 2.18. The van der Waals surface area contributed by atoms with Crippen molar-refractivity contribution in [3.63, 3.8) is 0 Å². The van der Waals surface area contributed by atoms with Crippen LogP contribution in [0.2, 0.25) is 5.02 Å². The molecule has 0 aliphatic heterocycles. The fraction of sp³-hybridized carbons (Fsp3) is 0.500. The molecular weight excluding hydrogens is 274 g/mol. The molecule has 0 aliphatic rings. The largest absolute Gasteiger partial charge is 0.373 e. The summed E-state index contributed by atoms with van der Waals surface area (Å²) < 4.78 is 1.79. The van der Waals surface area contributed by atoms with Crippen LogP contribution in [0.3, 0.4) is 0 Å². The van der Waals surface area contributed by atoms with Gasteiger partial charge in [0.05, 0.1) is 16.4 Å². The standard InChI is InChI=1S/C14H20ClN5/c1-7(2)12-17-13(16-6)8(3)14(18-12)20-10(5)11(15)9(4)19-20/h7H,1-6H3,(H,16,17,18). The summed E-state index contributed by atoms with van der Waals surface area (Å²) in [6, 6.07) is 0. The molecule has 108 valence electrons. The highest BCUT2D eigenvalue weighted by molar-refractivity contribution is 6.31. The van der Waals surface area contributed by atoms with Crippen molar-refractivity contribution in [1.29, 1.82) is 0 Å². The second kappa shape index (κ2) is 5.40. The Morgan fingerprint density at radius 2 is 1.80 bits per heavy atom. The van der Waals surface area contributed by atoms with Crippen LogP contribution in [-0.2, 0) is 0 Å². The maximum absolute atomic E-state index is 6.23. The molecule has 0 unspecified atom stereocenters. The van der Waals surface area contributed by atoms with Crippen molar-refractivity contribution in [2.45, 2.75) is 40.5 Å². The Bertz CT molecular complexity index is 645. The predicted octanol–water partition coefficient (Wildman–Crippen LogP) is 3.41. The first kappa shape index (κ1) is 14.8. The lowest BCUT2D eigenvalue weighted by Gasteiger charge is -2.14. The maximum atomic E-state index is 6.23. The molecule has 0 aromatic carbocycles. The Morgan fingerprint density at radius 3 is 2.25 bits per heavy atom. The smallest absolute Gasteiger partial charge is 0.162 e. The van der Waals surface area contributed by atoms with Crippen molar-refractivity contribution in [1.82, 2.24) is 19.7 Å². The van der Waals surface area contributed by atoms with Crippen LogP contribution in [0.4, 0.5) is 5.82 Å². The Kier molecular flexibility index (Phi) is 3.99. The SMILES string of the molecule is CNc1nc(C(C)C)nc(-n2nc(C)c(Cl)c2C)c1C. The maximum Gasteiger partial charge on any atom is 0.162 e. The van der Waals surface area contributed by atoms with Gasteiger partial charge in [-0.3, -0.25) is 0 Å². The predicted molar refractivity (Wildman–Crippen MR) is 82.0 cm³/mol. The zero-order chi connectivity index (χ0) is 15.0. The molecule has 2 aromatic rings. The summed E-state index contributed by atoms with van der Waals surface area (Å²) in [6.45, 7) is 9.96. The topological polar surface area (TPSA) is 55.6 Å². The van der Waals surface area contributed by atoms with E-state index in [4.69, 9.17) is 11.6 Å². The quantitative estimate of drug-likeness (QED) is 0.942. The van der Waals surface area contributed by atoms with Gasteiger partial charge in [0, 0.05) is 18.5 Å². The number of nitrogens with one attached hydrogen (secondary N) is 1. The van der Waals surface area contributed by atoms with Crippen LogP contribution in [0.1, 0.15) is 42.5 Å². The zero-order valence-electron chi connectivity index (χ0n) is 12.7. The minimum atomic E-state index is 0.244. The molecule has 20 heavy (non-hydrogen) atoms. The van der Waals surface area contributed by atoms with Crippen molar-refractivity contribution in [3.8, 4) is 5.82 Å². The highest BCUT2D eigenvalue weighted by Gasteiger charge is 2.18. The van der Waals surface area contributed by atoms with E-state index in [1.165, 1.54) is 0 Å². The van der Waals surface area contributed by atoms with Gasteiger partial charge in [0.1, 0.15) is 11.6 Å². The Hall–Kier alpha value is -1.62. The monoisotopic (exact) mass is 293 g/mol. The molecule has 1 N–H and O–H groups in total. The van der Waals surface area contributed by atoms with Crippen LogP contribution in [0.5, 0.6) is 0 Å². The summed E-state index contributed by atoms with van der Waals surface area (Å²) in [7, 11) is 1.86. The molecule has 0 bridgehead atoms. The molecule has 2 aromatic heterocycles. The average molecular weight is 294 g/mol. The van der Waals surface area contributed by atoms with E-state index in [2.05, 4.69) is 34.2 Å². The van der Waals surface area contributed by atoms with Crippen molar-refractivity contribution in [2.75, 3.05) is 12.4 Å². The second-order valence-corrected chi connectivity index (χ2v) is 5.56. The van der Waals surface area contributed by atoms with E-state index >= 15 is 0 Å². The molecule has 0 aliphatic carbocycles. The van der Waals surface area contributed by atoms with Gasteiger partial charge < -0.3 is 5.32 Å². The number of aryl methyl sites for hydroxylation is 1. The minimum Gasteiger partial charge on any atom is -0.373 e. The normalized spacial score (nSPS) is 11.2. The van der Waals surface area contributed by atoms with Crippen molar-refractivity contribution >= 4 is 17.4 Å². The molecule has 6 heteroatoms. The number of halogens is 1. The average Bonchev–Trinajstić information content (AvgIpc) is 2.66. The third-order valence-corrected chi connectivity index (χ3v) is 3.84. The number of nitrogens with zero attached hydrogens (tertiary/aromatic N) is 4. The number of hydrogen-bond donors (Lipinski definition) is 1. The van der Waals surface area contributed by atoms with Crippen LogP contribution >= 0.6 is 11.6 Å². The summed E-state index contributed by atoms with van der Waals surface area (Å²) in [4.78, 5) is 9.20. The summed E-state index contributed by atoms with van der Waals surface area (Å²) in [6.07, 6.45) is 0. The molecule has 2 rings (SSSR count). The minimum absolute atomic E-state index is 0.244. The lowest BCUT2D eigenvalue weighted by Crippen LogP contribution is -2.12. The number of anilines is 1. The first-order chi connectivity index (χ1) is 9.36. The Balaban J connectivity index is 2.72. The first-order valence-corrected chi connectivity index (χ1v) is 7.03. The van der Waals surface area contributed by atoms with Crippen LogP contribution in [0.25, 0.3) is 5.82 Å². The molecule has 5 nitrogen and oxygen atoms in total. The fourth-order valence-electron chi connectivity index (χ4n) is 2.06. The molecular formula is C14H20ClN5. The third-order valence-electron chi connectivity index (χ3n) is 3.29. The van der Waals surface area contributed by atoms with Crippen molar-refractivity contribution < 1.29 is 0 Å². The number of hydrogen-bond acceptors (Lipinski definition) is 4. The van der Waals surface area contributed by atoms with Crippen LogP contribution in [-0.4, -0.2) is 26.8 Å². The van der Waals surface area contributed by atoms with Crippen LogP contribution in [0.15, 0.2) is 0 Å². The number of aromatic nitrogens is 4. The molecule has 0 atom stereocenters. The molecule has 0 saturated carbocycles. The van der Waals surface area contributed by atoms with Gasteiger partial charge in [-0.2, -0.15) is 5.10 Å². The zero-order valence-corrected chi connectivity index (χ0v) is 13.5. The van der Waals surface area contributed by atoms with E-state index in [0.29, 0.717) is 5.02 Å². The van der Waals surface area contributed by atoms with E-state index in [1.807, 2.05) is 27.8 Å². The molecule has 0 amide bonds. The highest BCUT2D eigenvalue weighted by Crippen LogP contribution is 2.26. The lowest BCUT2D eigenvalue weighted by atomic mass is 10.2. The first-order valence-electron chi connectivity index (χ1n) is 6.65. The van der Waals surface area contributed by atoms with Crippen LogP contribution < -0.4 is 5.32 Å². The van der Waals surface area contributed by atoms with Crippen molar-refractivity contribution in [2.24, 2.45) is 0 Å². The van der Waals surface area contributed by atoms with E-state index in [9.17, 15) is 0 Å². The summed E-state index contributed by atoms with van der Waals surface area (Å²) in [5, 5.41) is 8.28. The molecule has 2 heterocycles. The van der Waals surface area contributed by atoms with E-state index in [0.717, 1.165) is 34.4 Å². The van der Waals surface area contributed by atoms with Gasteiger partial charge >= 0.3 is 0 Å². The van der Waals surface area contributed by atoms with Gasteiger partial charge in [0.15, 0.2) is 5.82 Å². The van der Waals surface area contributed by atoms with Gasteiger partial charge in [0.25, 0.3) is 0 Å². The van der Waals surface area contributed by atoms with E-state index < -0.39 is 0 Å². The van der Waals surface area contributed by atoms with Gasteiger partial charge in [-0.25, -0.2) is 14.6 Å². The van der Waals surface area contributed by atoms with Gasteiger partial charge in [-0.15, -0.1) is 0 Å². The molecule has 0 saturated heterocycles. The van der Waals surface area contributed by atoms with E-state index in [1.54, 1.807) is 4.68 Å². The highest BCUT2D eigenvalue weighted by atomic mass is 35.5. The van der Waals surface area contributed by atoms with Gasteiger partial charge in [-0.1, -0.05) is 25.4 Å². The lowest BCUT2D eigenvalue weighted by molar-refractivity contribution is 0.731. The molecule has 0 fully saturated rings. The molecule has 0 spiro atoms. The Labute approximate surface area is 124 Å². The van der Waals surface area contributed by atoms with E-state index in [-0.39, 0.29) is 5.92 Å². The summed E-state index contributed by atoms with van der Waals surface area (Å²) in [5.41, 5.74) is 2.65.